The highest BCUT2D eigenvalue weighted by Crippen LogP contribution is 2.35. The van der Waals surface area contributed by atoms with Gasteiger partial charge < -0.3 is 14.8 Å². The summed E-state index contributed by atoms with van der Waals surface area (Å²) in [6, 6.07) is 5.72. The summed E-state index contributed by atoms with van der Waals surface area (Å²) in [5, 5.41) is 4.12. The molecule has 2 aromatic rings. The van der Waals surface area contributed by atoms with E-state index in [0.29, 0.717) is 25.5 Å². The van der Waals surface area contributed by atoms with Crippen molar-refractivity contribution in [2.24, 2.45) is 0 Å². The van der Waals surface area contributed by atoms with Gasteiger partial charge in [0.15, 0.2) is 11.5 Å². The number of aryl methyl sites for hydroxylation is 2. The number of hydrogen-bond donors (Lipinski definition) is 1. The van der Waals surface area contributed by atoms with Crippen LogP contribution in [0.25, 0.3) is 0 Å². The van der Waals surface area contributed by atoms with Gasteiger partial charge in [0.05, 0.1) is 16.1 Å². The highest BCUT2D eigenvalue weighted by Gasteiger charge is 2.31. The molecule has 1 amide bonds. The molecule has 1 N–H and O–H groups in total. The van der Waals surface area contributed by atoms with Crippen LogP contribution in [-0.2, 0) is 16.6 Å². The van der Waals surface area contributed by atoms with Crippen LogP contribution >= 0.6 is 11.3 Å². The summed E-state index contributed by atoms with van der Waals surface area (Å²) >= 11 is 1.69. The Bertz CT molecular complexity index is 783. The predicted octanol–water partition coefficient (Wildman–Crippen LogP) is 3.17. The monoisotopic (exact) mass is 360 g/mol. The van der Waals surface area contributed by atoms with E-state index >= 15 is 0 Å². The summed E-state index contributed by atoms with van der Waals surface area (Å²) < 4.78 is 11.2. The van der Waals surface area contributed by atoms with Crippen LogP contribution in [0.3, 0.4) is 0 Å². The van der Waals surface area contributed by atoms with Gasteiger partial charge in [-0.3, -0.25) is 4.79 Å². The zero-order valence-electron chi connectivity index (χ0n) is 15.1. The fraction of sp³-hybridized carbons (Fsp3) is 0.474. The van der Waals surface area contributed by atoms with Crippen molar-refractivity contribution in [2.75, 3.05) is 19.8 Å². The molecule has 1 aromatic carbocycles. The van der Waals surface area contributed by atoms with Crippen molar-refractivity contribution in [1.82, 2.24) is 10.3 Å². The van der Waals surface area contributed by atoms with Crippen molar-refractivity contribution < 1.29 is 14.3 Å². The minimum absolute atomic E-state index is 0.00284. The smallest absolute Gasteiger partial charge is 0.230 e. The van der Waals surface area contributed by atoms with E-state index in [0.717, 1.165) is 28.4 Å². The number of thiazole rings is 1. The molecule has 0 radical (unpaired) electrons. The molecule has 0 atom stereocenters. The Morgan fingerprint density at radius 2 is 1.96 bits per heavy atom. The molecule has 0 aliphatic carbocycles. The van der Waals surface area contributed by atoms with E-state index in [4.69, 9.17) is 9.47 Å². The number of carbonyl (C=O) groups is 1. The molecule has 0 unspecified atom stereocenters. The number of nitrogens with zero attached hydrogens (tertiary/aromatic N) is 1. The van der Waals surface area contributed by atoms with E-state index in [2.05, 4.69) is 10.3 Å². The molecule has 0 bridgehead atoms. The van der Waals surface area contributed by atoms with Gasteiger partial charge in [-0.15, -0.1) is 11.3 Å². The normalized spacial score (nSPS) is 13.6. The molecule has 5 nitrogen and oxygen atoms in total. The molecular weight excluding hydrogens is 336 g/mol. The molecule has 0 saturated heterocycles. The van der Waals surface area contributed by atoms with Crippen molar-refractivity contribution >= 4 is 17.2 Å². The largest absolute Gasteiger partial charge is 0.486 e. The standard InChI is InChI=1S/C19H24N2O3S/c1-12-17(25-13(2)21-12)7-8-20-18(22)19(3,4)14-5-6-15-16(11-14)24-10-9-23-15/h5-6,11H,7-10H2,1-4H3,(H,20,22). The summed E-state index contributed by atoms with van der Waals surface area (Å²) in [5.41, 5.74) is 1.33. The molecular formula is C19H24N2O3S. The van der Waals surface area contributed by atoms with Crippen LogP contribution in [-0.4, -0.2) is 30.6 Å². The van der Waals surface area contributed by atoms with E-state index < -0.39 is 5.41 Å². The number of benzene rings is 1. The zero-order valence-corrected chi connectivity index (χ0v) is 16.0. The molecule has 2 heterocycles. The lowest BCUT2D eigenvalue weighted by atomic mass is 9.83. The van der Waals surface area contributed by atoms with Crippen molar-refractivity contribution in [3.63, 3.8) is 0 Å². The molecule has 0 spiro atoms. The fourth-order valence-corrected chi connectivity index (χ4v) is 3.82. The summed E-state index contributed by atoms with van der Waals surface area (Å²) in [6.07, 6.45) is 0.806. The lowest BCUT2D eigenvalue weighted by molar-refractivity contribution is -0.125. The van der Waals surface area contributed by atoms with Crippen LogP contribution < -0.4 is 14.8 Å². The number of aromatic nitrogens is 1. The van der Waals surface area contributed by atoms with E-state index in [1.165, 1.54) is 4.88 Å². The second kappa shape index (κ2) is 7.04. The van der Waals surface area contributed by atoms with E-state index in [1.807, 2.05) is 45.9 Å². The highest BCUT2D eigenvalue weighted by molar-refractivity contribution is 7.11. The third kappa shape index (κ3) is 3.79. The summed E-state index contributed by atoms with van der Waals surface area (Å²) in [7, 11) is 0. The number of nitrogens with one attached hydrogen (secondary N) is 1. The van der Waals surface area contributed by atoms with Crippen LogP contribution in [0.1, 0.15) is 35.0 Å². The highest BCUT2D eigenvalue weighted by atomic mass is 32.1. The first kappa shape index (κ1) is 17.7. The molecule has 1 aliphatic heterocycles. The van der Waals surface area contributed by atoms with E-state index in [9.17, 15) is 4.79 Å². The van der Waals surface area contributed by atoms with Gasteiger partial charge in [-0.25, -0.2) is 4.98 Å². The molecule has 1 aliphatic rings. The second-order valence-electron chi connectivity index (χ2n) is 6.73. The quantitative estimate of drug-likeness (QED) is 0.890. The van der Waals surface area contributed by atoms with Crippen molar-refractivity contribution in [3.05, 3.63) is 39.3 Å². The minimum atomic E-state index is -0.644. The molecule has 134 valence electrons. The number of amides is 1. The van der Waals surface area contributed by atoms with Crippen molar-refractivity contribution in [1.29, 1.82) is 0 Å². The SMILES string of the molecule is Cc1nc(C)c(CCNC(=O)C(C)(C)c2ccc3c(c2)OCCO3)s1. The van der Waals surface area contributed by atoms with Crippen molar-refractivity contribution in [3.8, 4) is 11.5 Å². The van der Waals surface area contributed by atoms with Crippen LogP contribution in [0.15, 0.2) is 18.2 Å². The van der Waals surface area contributed by atoms with Gasteiger partial charge in [-0.1, -0.05) is 6.07 Å². The number of hydrogen-bond acceptors (Lipinski definition) is 5. The Morgan fingerprint density at radius 3 is 2.64 bits per heavy atom. The third-order valence-corrected chi connectivity index (χ3v) is 5.60. The number of carbonyl (C=O) groups excluding carboxylic acids is 1. The summed E-state index contributed by atoms with van der Waals surface area (Å²) in [6.45, 7) is 9.58. The average molecular weight is 360 g/mol. The number of ether oxygens (including phenoxy) is 2. The summed E-state index contributed by atoms with van der Waals surface area (Å²) in [5.74, 6) is 1.45. The maximum atomic E-state index is 12.7. The predicted molar refractivity (Wildman–Crippen MR) is 98.8 cm³/mol. The Balaban J connectivity index is 1.65. The van der Waals surface area contributed by atoms with Gasteiger partial charge in [0.1, 0.15) is 13.2 Å². The van der Waals surface area contributed by atoms with Crippen LogP contribution in [0.2, 0.25) is 0 Å². The zero-order chi connectivity index (χ0) is 18.0. The van der Waals surface area contributed by atoms with Crippen LogP contribution in [0.5, 0.6) is 11.5 Å². The van der Waals surface area contributed by atoms with Gasteiger partial charge in [0, 0.05) is 17.8 Å². The Morgan fingerprint density at radius 1 is 1.24 bits per heavy atom. The summed E-state index contributed by atoms with van der Waals surface area (Å²) in [4.78, 5) is 18.4. The Kier molecular flexibility index (Phi) is 4.99. The molecule has 0 fully saturated rings. The molecule has 6 heteroatoms. The maximum Gasteiger partial charge on any atom is 0.230 e. The Hall–Kier alpha value is -2.08. The number of fused-ring (bicyclic) bond motifs is 1. The first-order valence-corrected chi connectivity index (χ1v) is 9.31. The average Bonchev–Trinajstić information content (AvgIpc) is 2.91. The van der Waals surface area contributed by atoms with Gasteiger partial charge in [0.2, 0.25) is 5.91 Å². The molecule has 0 saturated carbocycles. The third-order valence-electron chi connectivity index (χ3n) is 4.47. The first-order valence-electron chi connectivity index (χ1n) is 8.49. The van der Waals surface area contributed by atoms with Gasteiger partial charge in [-0.05, 0) is 45.4 Å². The first-order chi connectivity index (χ1) is 11.9. The van der Waals surface area contributed by atoms with Gasteiger partial charge in [0.25, 0.3) is 0 Å². The lowest BCUT2D eigenvalue weighted by Crippen LogP contribution is -2.41. The maximum absolute atomic E-state index is 12.7. The van der Waals surface area contributed by atoms with Gasteiger partial charge >= 0.3 is 0 Å². The van der Waals surface area contributed by atoms with Crippen LogP contribution in [0, 0.1) is 13.8 Å². The second-order valence-corrected chi connectivity index (χ2v) is 8.02. The van der Waals surface area contributed by atoms with E-state index in [-0.39, 0.29) is 5.91 Å². The lowest BCUT2D eigenvalue weighted by Gasteiger charge is -2.26. The van der Waals surface area contributed by atoms with Gasteiger partial charge in [-0.2, -0.15) is 0 Å². The molecule has 3 rings (SSSR count). The van der Waals surface area contributed by atoms with E-state index in [1.54, 1.807) is 11.3 Å². The Labute approximate surface area is 152 Å². The topological polar surface area (TPSA) is 60.5 Å². The van der Waals surface area contributed by atoms with Crippen molar-refractivity contribution in [2.45, 2.75) is 39.5 Å². The molecule has 25 heavy (non-hydrogen) atoms. The molecule has 1 aromatic heterocycles. The number of rotatable bonds is 5. The van der Waals surface area contributed by atoms with Crippen LogP contribution in [0.4, 0.5) is 0 Å². The minimum Gasteiger partial charge on any atom is -0.486 e. The fourth-order valence-electron chi connectivity index (χ4n) is 2.88.